The third kappa shape index (κ3) is 1.66. The zero-order valence-electron chi connectivity index (χ0n) is 12.7. The minimum Gasteiger partial charge on any atom is -0.364 e. The molecule has 0 saturated carbocycles. The minimum atomic E-state index is -0.297. The molecule has 3 saturated heterocycles. The van der Waals surface area contributed by atoms with Crippen molar-refractivity contribution >= 4 is 16.7 Å². The molecule has 1 unspecified atom stereocenters. The van der Waals surface area contributed by atoms with E-state index in [1.54, 1.807) is 0 Å². The van der Waals surface area contributed by atoms with Gasteiger partial charge in [-0.15, -0.1) is 0 Å². The van der Waals surface area contributed by atoms with Crippen molar-refractivity contribution in [3.05, 3.63) is 36.0 Å². The number of amidine groups is 1. The molecule has 2 bridgehead atoms. The van der Waals surface area contributed by atoms with Crippen LogP contribution in [0.15, 0.2) is 35.6 Å². The Morgan fingerprint density at radius 2 is 2.14 bits per heavy atom. The zero-order valence-corrected chi connectivity index (χ0v) is 12.7. The highest BCUT2D eigenvalue weighted by Gasteiger charge is 2.52. The molecule has 4 aliphatic rings. The molecule has 114 valence electrons. The summed E-state index contributed by atoms with van der Waals surface area (Å²) in [7, 11) is 2.07. The number of oxime groups is 1. The third-order valence-corrected chi connectivity index (χ3v) is 5.50. The number of hydrogen-bond donors (Lipinski definition) is 1. The Morgan fingerprint density at radius 3 is 2.91 bits per heavy atom. The second kappa shape index (κ2) is 4.26. The zero-order chi connectivity index (χ0) is 14.7. The first-order chi connectivity index (χ1) is 10.7. The molecule has 0 radical (unpaired) electrons. The Balaban J connectivity index is 1.47. The van der Waals surface area contributed by atoms with E-state index in [0.717, 1.165) is 17.9 Å². The Labute approximate surface area is 129 Å². The van der Waals surface area contributed by atoms with Crippen LogP contribution in [0.4, 0.5) is 0 Å². The molecule has 5 heteroatoms. The van der Waals surface area contributed by atoms with Crippen molar-refractivity contribution in [2.24, 2.45) is 18.1 Å². The van der Waals surface area contributed by atoms with Gasteiger partial charge >= 0.3 is 0 Å². The van der Waals surface area contributed by atoms with Crippen LogP contribution in [-0.2, 0) is 11.9 Å². The number of rotatable bonds is 1. The van der Waals surface area contributed by atoms with Crippen LogP contribution in [0.1, 0.15) is 18.4 Å². The van der Waals surface area contributed by atoms with Gasteiger partial charge in [-0.25, -0.2) is 0 Å². The van der Waals surface area contributed by atoms with Crippen LogP contribution in [0, 0.1) is 5.92 Å². The van der Waals surface area contributed by atoms with E-state index in [9.17, 15) is 0 Å². The molecule has 1 spiro atoms. The van der Waals surface area contributed by atoms with Gasteiger partial charge in [0.25, 0.3) is 0 Å². The molecule has 1 atom stereocenters. The van der Waals surface area contributed by atoms with Gasteiger partial charge in [0.2, 0.25) is 5.72 Å². The maximum atomic E-state index is 5.93. The second-order valence-corrected chi connectivity index (χ2v) is 6.80. The van der Waals surface area contributed by atoms with Crippen molar-refractivity contribution in [1.82, 2.24) is 14.8 Å². The lowest BCUT2D eigenvalue weighted by Crippen LogP contribution is -2.65. The Bertz CT molecular complexity index is 772. The molecule has 1 N–H and O–H groups in total. The first kappa shape index (κ1) is 12.5. The summed E-state index contributed by atoms with van der Waals surface area (Å²) in [5, 5.41) is 9.25. The number of nitrogens with one attached hydrogen (secondary N) is 1. The summed E-state index contributed by atoms with van der Waals surface area (Å²) in [6, 6.07) is 8.59. The van der Waals surface area contributed by atoms with Gasteiger partial charge in [0.05, 0.1) is 6.54 Å². The Morgan fingerprint density at radius 1 is 1.27 bits per heavy atom. The van der Waals surface area contributed by atoms with E-state index in [1.165, 1.54) is 36.8 Å². The minimum absolute atomic E-state index is 0.297. The molecule has 0 aliphatic carbocycles. The van der Waals surface area contributed by atoms with Gasteiger partial charge < -0.3 is 14.7 Å². The molecule has 2 aromatic rings. The van der Waals surface area contributed by atoms with Crippen LogP contribution in [0.5, 0.6) is 0 Å². The monoisotopic (exact) mass is 296 g/mol. The number of fused-ring (bicyclic) bond motifs is 3. The molecule has 1 aromatic heterocycles. The van der Waals surface area contributed by atoms with Crippen molar-refractivity contribution in [2.75, 3.05) is 19.6 Å². The summed E-state index contributed by atoms with van der Waals surface area (Å²) in [4.78, 5) is 8.41. The summed E-state index contributed by atoms with van der Waals surface area (Å²) in [5.41, 5.74) is 2.02. The first-order valence-corrected chi connectivity index (χ1v) is 8.06. The fraction of sp³-hybridized carbons (Fsp3) is 0.471. The SMILES string of the molecule is Cn1ccc2ccc(C3=NOC4(CN5CCC4CC5)N3)cc21. The van der Waals surface area contributed by atoms with Crippen LogP contribution in [0.3, 0.4) is 0 Å². The molecule has 5 heterocycles. The van der Waals surface area contributed by atoms with E-state index in [2.05, 4.69) is 57.4 Å². The summed E-state index contributed by atoms with van der Waals surface area (Å²) in [5.74, 6) is 1.44. The summed E-state index contributed by atoms with van der Waals surface area (Å²) >= 11 is 0. The molecule has 4 aliphatic heterocycles. The van der Waals surface area contributed by atoms with Gasteiger partial charge in [-0.2, -0.15) is 0 Å². The van der Waals surface area contributed by atoms with Crippen molar-refractivity contribution in [1.29, 1.82) is 0 Å². The molecule has 3 fully saturated rings. The highest BCUT2D eigenvalue weighted by Crippen LogP contribution is 2.39. The molecule has 5 nitrogen and oxygen atoms in total. The molecular weight excluding hydrogens is 276 g/mol. The van der Waals surface area contributed by atoms with Gasteiger partial charge in [-0.05, 0) is 43.5 Å². The number of aryl methyl sites for hydroxylation is 1. The topological polar surface area (TPSA) is 41.8 Å². The van der Waals surface area contributed by atoms with Gasteiger partial charge in [0.15, 0.2) is 5.84 Å². The van der Waals surface area contributed by atoms with Crippen LogP contribution in [0.25, 0.3) is 10.9 Å². The van der Waals surface area contributed by atoms with Crippen LogP contribution >= 0.6 is 0 Å². The van der Waals surface area contributed by atoms with Crippen molar-refractivity contribution in [3.8, 4) is 0 Å². The average Bonchev–Trinajstić information content (AvgIpc) is 3.13. The predicted molar refractivity (Wildman–Crippen MR) is 85.6 cm³/mol. The fourth-order valence-corrected chi connectivity index (χ4v) is 4.17. The number of hydrogen-bond acceptors (Lipinski definition) is 4. The molecule has 6 rings (SSSR count). The lowest BCUT2D eigenvalue weighted by Gasteiger charge is -2.49. The van der Waals surface area contributed by atoms with Gasteiger partial charge in [-0.1, -0.05) is 17.3 Å². The maximum absolute atomic E-state index is 5.93. The quantitative estimate of drug-likeness (QED) is 0.873. The molecule has 1 aromatic carbocycles. The largest absolute Gasteiger partial charge is 0.364 e. The summed E-state index contributed by atoms with van der Waals surface area (Å²) in [6.07, 6.45) is 4.49. The molecule has 0 amide bonds. The Kier molecular flexibility index (Phi) is 2.42. The van der Waals surface area contributed by atoms with Crippen LogP contribution in [0.2, 0.25) is 0 Å². The second-order valence-electron chi connectivity index (χ2n) is 6.80. The average molecular weight is 296 g/mol. The fourth-order valence-electron chi connectivity index (χ4n) is 4.17. The third-order valence-electron chi connectivity index (χ3n) is 5.50. The van der Waals surface area contributed by atoms with E-state index < -0.39 is 0 Å². The first-order valence-electron chi connectivity index (χ1n) is 8.06. The maximum Gasteiger partial charge on any atom is 0.224 e. The van der Waals surface area contributed by atoms with Crippen molar-refractivity contribution in [3.63, 3.8) is 0 Å². The number of piperidine rings is 3. The van der Waals surface area contributed by atoms with Crippen LogP contribution < -0.4 is 5.32 Å². The van der Waals surface area contributed by atoms with E-state index in [0.29, 0.717) is 5.92 Å². The lowest BCUT2D eigenvalue weighted by atomic mass is 9.81. The number of benzene rings is 1. The van der Waals surface area contributed by atoms with E-state index in [4.69, 9.17) is 4.84 Å². The highest BCUT2D eigenvalue weighted by atomic mass is 16.7. The van der Waals surface area contributed by atoms with Crippen molar-refractivity contribution in [2.45, 2.75) is 18.6 Å². The van der Waals surface area contributed by atoms with E-state index >= 15 is 0 Å². The standard InChI is InChI=1S/C17H20N4O/c1-20-7-4-12-2-3-13(10-15(12)20)16-18-17(22-19-16)11-21-8-5-14(17)6-9-21/h2-4,7,10,14H,5-6,8-9,11H2,1H3,(H,18,19). The van der Waals surface area contributed by atoms with Gasteiger partial charge in [-0.3, -0.25) is 4.90 Å². The van der Waals surface area contributed by atoms with E-state index in [1.807, 2.05) is 0 Å². The van der Waals surface area contributed by atoms with Crippen LogP contribution in [-0.4, -0.2) is 40.7 Å². The van der Waals surface area contributed by atoms with Gasteiger partial charge in [0, 0.05) is 30.2 Å². The summed E-state index contributed by atoms with van der Waals surface area (Å²) in [6.45, 7) is 3.33. The molecule has 22 heavy (non-hydrogen) atoms. The van der Waals surface area contributed by atoms with Crippen molar-refractivity contribution < 1.29 is 4.84 Å². The highest BCUT2D eigenvalue weighted by molar-refractivity contribution is 6.02. The normalized spacial score (nSPS) is 33.0. The predicted octanol–water partition coefficient (Wildman–Crippen LogP) is 1.88. The summed E-state index contributed by atoms with van der Waals surface area (Å²) < 4.78 is 2.14. The lowest BCUT2D eigenvalue weighted by molar-refractivity contribution is -0.148. The van der Waals surface area contributed by atoms with Gasteiger partial charge in [0.1, 0.15) is 0 Å². The smallest absolute Gasteiger partial charge is 0.224 e. The Hall–Kier alpha value is -2.01. The molecular formula is C17H20N4O. The number of aromatic nitrogens is 1. The number of nitrogens with zero attached hydrogens (tertiary/aromatic N) is 3. The van der Waals surface area contributed by atoms with E-state index in [-0.39, 0.29) is 5.72 Å².